The highest BCUT2D eigenvalue weighted by Crippen LogP contribution is 2.29. The summed E-state index contributed by atoms with van der Waals surface area (Å²) in [6.45, 7) is 9.84. The molecule has 8 heterocycles. The third-order valence-electron chi connectivity index (χ3n) is 13.1. The molecule has 6 aromatic heterocycles. The van der Waals surface area contributed by atoms with E-state index in [9.17, 15) is 9.59 Å². The molecule has 358 valence electrons. The van der Waals surface area contributed by atoms with Crippen molar-refractivity contribution in [2.45, 2.75) is 84.5 Å². The number of rotatable bonds is 20. The Kier molecular flexibility index (Phi) is 13.8. The second-order valence-electron chi connectivity index (χ2n) is 18.2. The van der Waals surface area contributed by atoms with Gasteiger partial charge in [-0.25, -0.2) is 14.6 Å². The highest BCUT2D eigenvalue weighted by molar-refractivity contribution is 7.15. The third kappa shape index (κ3) is 10.7. The molecule has 10 rings (SSSR count). The molecular formula is C50H58N14O4S. The van der Waals surface area contributed by atoms with Gasteiger partial charge in [0.05, 0.1) is 32.0 Å². The predicted molar refractivity (Wildman–Crippen MR) is 268 cm³/mol. The zero-order valence-electron chi connectivity index (χ0n) is 38.9. The summed E-state index contributed by atoms with van der Waals surface area (Å²) in [6, 6.07) is 21.3. The number of H-pyrrole nitrogens is 2. The molecule has 8 aromatic rings. The van der Waals surface area contributed by atoms with Crippen molar-refractivity contribution in [1.82, 2.24) is 58.8 Å². The van der Waals surface area contributed by atoms with Crippen molar-refractivity contribution in [2.75, 3.05) is 50.9 Å². The van der Waals surface area contributed by atoms with Crippen LogP contribution in [0.5, 0.6) is 12.0 Å². The summed E-state index contributed by atoms with van der Waals surface area (Å²) in [6.07, 6.45) is 12.3. The number of nitrogens with two attached hydrogens (primary N) is 2. The van der Waals surface area contributed by atoms with Crippen LogP contribution in [0.15, 0.2) is 82.6 Å². The van der Waals surface area contributed by atoms with Crippen LogP contribution in [0.4, 0.5) is 11.6 Å². The first-order chi connectivity index (χ1) is 33.7. The maximum Gasteiger partial charge on any atom is 0.328 e. The second-order valence-corrected chi connectivity index (χ2v) is 19.3. The number of hydrogen-bond donors (Lipinski definition) is 4. The van der Waals surface area contributed by atoms with Gasteiger partial charge in [-0.1, -0.05) is 67.9 Å². The van der Waals surface area contributed by atoms with Crippen molar-refractivity contribution in [3.8, 4) is 33.7 Å². The maximum absolute atomic E-state index is 13.1. The van der Waals surface area contributed by atoms with E-state index in [2.05, 4.69) is 100 Å². The molecule has 0 aliphatic carbocycles. The number of ether oxygens (including phenoxy) is 2. The number of likely N-dealkylation sites (tertiary alicyclic amines) is 2. The fourth-order valence-corrected chi connectivity index (χ4v) is 10.2. The molecule has 69 heavy (non-hydrogen) atoms. The topological polar surface area (TPSA) is 230 Å². The van der Waals surface area contributed by atoms with Crippen LogP contribution in [0.25, 0.3) is 44.0 Å². The molecule has 6 N–H and O–H groups in total. The third-order valence-corrected chi connectivity index (χ3v) is 14.1. The monoisotopic (exact) mass is 950 g/mol. The Morgan fingerprint density at radius 3 is 1.93 bits per heavy atom. The van der Waals surface area contributed by atoms with Crippen LogP contribution in [-0.4, -0.2) is 98.2 Å². The molecule has 18 nitrogen and oxygen atoms in total. The van der Waals surface area contributed by atoms with Crippen molar-refractivity contribution in [2.24, 2.45) is 5.92 Å². The molecule has 2 fully saturated rings. The average Bonchev–Trinajstić information content (AvgIpc) is 4.22. The second kappa shape index (κ2) is 20.7. The Morgan fingerprint density at radius 1 is 0.652 bits per heavy atom. The van der Waals surface area contributed by atoms with Gasteiger partial charge in [-0.05, 0) is 93.3 Å². The van der Waals surface area contributed by atoms with Gasteiger partial charge in [-0.3, -0.25) is 23.9 Å². The number of imidazole rings is 2. The number of nitrogens with one attached hydrogen (secondary N) is 2. The van der Waals surface area contributed by atoms with E-state index in [-0.39, 0.29) is 35.0 Å². The minimum absolute atomic E-state index is 0.163. The Morgan fingerprint density at radius 2 is 1.28 bits per heavy atom. The molecule has 0 bridgehead atoms. The molecule has 1 unspecified atom stereocenters. The number of hydrogen-bond acceptors (Lipinski definition) is 15. The van der Waals surface area contributed by atoms with Gasteiger partial charge >= 0.3 is 23.4 Å². The van der Waals surface area contributed by atoms with Crippen molar-refractivity contribution in [3.63, 3.8) is 0 Å². The van der Waals surface area contributed by atoms with Gasteiger partial charge in [0.1, 0.15) is 16.0 Å². The maximum atomic E-state index is 13.1. The van der Waals surface area contributed by atoms with Gasteiger partial charge in [-0.2, -0.15) is 19.9 Å². The van der Waals surface area contributed by atoms with Gasteiger partial charge in [0.15, 0.2) is 22.9 Å². The number of anilines is 2. The van der Waals surface area contributed by atoms with Gasteiger partial charge in [0.2, 0.25) is 0 Å². The van der Waals surface area contributed by atoms with E-state index >= 15 is 0 Å². The lowest BCUT2D eigenvalue weighted by Crippen LogP contribution is -2.20. The van der Waals surface area contributed by atoms with Gasteiger partial charge in [-0.15, -0.1) is 11.3 Å². The lowest BCUT2D eigenvalue weighted by molar-refractivity contribution is 0.275. The summed E-state index contributed by atoms with van der Waals surface area (Å²) in [5, 5.41) is 0.883. The van der Waals surface area contributed by atoms with Gasteiger partial charge in [0, 0.05) is 48.0 Å². The van der Waals surface area contributed by atoms with E-state index in [0.29, 0.717) is 54.5 Å². The number of fused-ring (bicyclic) bond motifs is 2. The Balaban J connectivity index is 0.672. The molecule has 2 saturated heterocycles. The minimum atomic E-state index is -0.315. The summed E-state index contributed by atoms with van der Waals surface area (Å²) in [7, 11) is 0. The number of benzene rings is 2. The van der Waals surface area contributed by atoms with Crippen LogP contribution >= 0.6 is 11.3 Å². The largest absolute Gasteiger partial charge is 0.463 e. The van der Waals surface area contributed by atoms with E-state index in [0.717, 1.165) is 109 Å². The van der Waals surface area contributed by atoms with Crippen LogP contribution in [0.1, 0.15) is 80.0 Å². The molecule has 0 radical (unpaired) electrons. The number of aromatic amines is 2. The fourth-order valence-electron chi connectivity index (χ4n) is 9.31. The highest BCUT2D eigenvalue weighted by Gasteiger charge is 2.23. The molecule has 0 spiro atoms. The number of aromatic nitrogens is 10. The fraction of sp³-hybridized carbons (Fsp3) is 0.400. The van der Waals surface area contributed by atoms with Crippen LogP contribution < -0.4 is 32.3 Å². The number of nitrogens with zero attached hydrogens (tertiary/aromatic N) is 10. The lowest BCUT2D eigenvalue weighted by atomic mass is 10.0. The van der Waals surface area contributed by atoms with E-state index in [4.69, 9.17) is 25.9 Å². The average molecular weight is 951 g/mol. The minimum Gasteiger partial charge on any atom is -0.463 e. The Hall–Kier alpha value is -6.96. The first-order valence-electron chi connectivity index (χ1n) is 24.0. The summed E-state index contributed by atoms with van der Waals surface area (Å²) in [4.78, 5) is 64.6. The van der Waals surface area contributed by atoms with Crippen LogP contribution in [0, 0.1) is 5.92 Å². The van der Waals surface area contributed by atoms with Gasteiger partial charge in [0.25, 0.3) is 0 Å². The van der Waals surface area contributed by atoms with E-state index in [1.165, 1.54) is 24.8 Å². The Labute approximate surface area is 402 Å². The number of thiazole rings is 1. The Bertz CT molecular complexity index is 3140. The van der Waals surface area contributed by atoms with Crippen LogP contribution in [0.3, 0.4) is 0 Å². The van der Waals surface area contributed by atoms with Gasteiger partial charge < -0.3 is 30.9 Å². The van der Waals surface area contributed by atoms with E-state index < -0.39 is 0 Å². The van der Waals surface area contributed by atoms with Crippen molar-refractivity contribution >= 4 is 45.3 Å². The zero-order valence-corrected chi connectivity index (χ0v) is 39.7. The standard InChI is InChI=1S/C50H58N14O4S/c1-2-3-23-67-47-57-43(52)41-45(60-47)64(50(66)56-41)31-39-26-54-46(69-39)36-15-11-33(12-16-36)28-62-22-19-32(27-62)8-4-7-24-68-48-58-42(51)40-44(59-48)63(49(65)55-40)29-34-9-13-35(14-10-34)37-17-18-38(53-25-37)30-61-20-5-6-21-61/h9-18,25-26,32H,2-8,19-24,27-31H2,1H3,(H,55,65)(H,56,66)(H2,51,58,59)(H2,52,57,60). The molecule has 2 aliphatic heterocycles. The smallest absolute Gasteiger partial charge is 0.328 e. The summed E-state index contributed by atoms with van der Waals surface area (Å²) in [5.41, 5.74) is 19.9. The molecule has 2 aliphatic rings. The summed E-state index contributed by atoms with van der Waals surface area (Å²) < 4.78 is 14.8. The lowest BCUT2D eigenvalue weighted by Gasteiger charge is -2.16. The summed E-state index contributed by atoms with van der Waals surface area (Å²) in [5.74, 6) is 0.984. The number of unbranched alkanes of at least 4 members (excludes halogenated alkanes) is 2. The highest BCUT2D eigenvalue weighted by atomic mass is 32.1. The predicted octanol–water partition coefficient (Wildman–Crippen LogP) is 6.85. The number of nitrogen functional groups attached to an aromatic ring is 2. The quantitative estimate of drug-likeness (QED) is 0.0574. The SMILES string of the molecule is CCCCOc1nc(N)c2[nH]c(=O)n(Cc3cnc(-c4ccc(CN5CCC(CCCCOc6nc(N)c7[nH]c(=O)n(Cc8ccc(-c9ccc(CN%10CCCC%10)nc9)cc8)c7n6)C5)cc4)s3)c2n1. The molecule has 19 heteroatoms. The molecule has 2 aromatic carbocycles. The van der Waals surface area contributed by atoms with E-state index in [1.54, 1.807) is 26.7 Å². The van der Waals surface area contributed by atoms with Crippen molar-refractivity contribution < 1.29 is 9.47 Å². The summed E-state index contributed by atoms with van der Waals surface area (Å²) >= 11 is 1.54. The van der Waals surface area contributed by atoms with E-state index in [1.807, 2.05) is 18.3 Å². The van der Waals surface area contributed by atoms with Crippen LogP contribution in [0.2, 0.25) is 0 Å². The first kappa shape index (κ1) is 45.8. The number of pyridine rings is 1. The molecule has 0 saturated carbocycles. The first-order valence-corrected chi connectivity index (χ1v) is 24.8. The molecule has 0 amide bonds. The molecular weight excluding hydrogens is 893 g/mol. The molecule has 1 atom stereocenters. The normalized spacial score (nSPS) is 15.5. The van der Waals surface area contributed by atoms with Crippen LogP contribution in [-0.2, 0) is 26.2 Å². The zero-order chi connectivity index (χ0) is 47.3. The van der Waals surface area contributed by atoms with Crippen molar-refractivity contribution in [1.29, 1.82) is 0 Å². The van der Waals surface area contributed by atoms with Crippen molar-refractivity contribution in [3.05, 3.63) is 116 Å².